The van der Waals surface area contributed by atoms with Gasteiger partial charge in [-0.25, -0.2) is 9.97 Å². The summed E-state index contributed by atoms with van der Waals surface area (Å²) in [7, 11) is 0. The number of para-hydroxylation sites is 2. The Bertz CT molecular complexity index is 812. The summed E-state index contributed by atoms with van der Waals surface area (Å²) in [6.07, 6.45) is 4.25. The second-order valence-corrected chi connectivity index (χ2v) is 5.68. The van der Waals surface area contributed by atoms with Crippen molar-refractivity contribution in [2.75, 3.05) is 18.5 Å². The number of nitrogens with zero attached hydrogens (tertiary/aromatic N) is 3. The Kier molecular flexibility index (Phi) is 4.20. The molecule has 6 heteroatoms. The van der Waals surface area contributed by atoms with Crippen LogP contribution in [0.3, 0.4) is 0 Å². The van der Waals surface area contributed by atoms with Crippen LogP contribution in [-0.2, 0) is 4.74 Å². The molecule has 4 rings (SSSR count). The summed E-state index contributed by atoms with van der Waals surface area (Å²) in [6, 6.07) is 13.5. The lowest BCUT2D eigenvalue weighted by Gasteiger charge is -2.32. The van der Waals surface area contributed by atoms with Crippen molar-refractivity contribution in [3.05, 3.63) is 54.9 Å². The lowest BCUT2D eigenvalue weighted by atomic mass is 10.1. The van der Waals surface area contributed by atoms with E-state index in [0.717, 1.165) is 23.3 Å². The maximum absolute atomic E-state index is 6.03. The number of anilines is 1. The van der Waals surface area contributed by atoms with Crippen molar-refractivity contribution in [3.8, 4) is 5.88 Å². The number of ether oxygens (including phenoxy) is 2. The number of benzene rings is 1. The highest BCUT2D eigenvalue weighted by Crippen LogP contribution is 2.19. The van der Waals surface area contributed by atoms with Crippen LogP contribution in [-0.4, -0.2) is 40.3 Å². The predicted molar refractivity (Wildman–Crippen MR) is 91.0 cm³/mol. The van der Waals surface area contributed by atoms with Crippen molar-refractivity contribution in [3.63, 3.8) is 0 Å². The lowest BCUT2D eigenvalue weighted by molar-refractivity contribution is 0.0129. The fourth-order valence-electron chi connectivity index (χ4n) is 2.78. The van der Waals surface area contributed by atoms with Crippen molar-refractivity contribution < 1.29 is 9.47 Å². The highest BCUT2D eigenvalue weighted by molar-refractivity contribution is 5.75. The number of nitrogens with one attached hydrogen (secondary N) is 1. The molecule has 1 aromatic carbocycles. The van der Waals surface area contributed by atoms with Gasteiger partial charge in [0, 0.05) is 18.7 Å². The van der Waals surface area contributed by atoms with Crippen LogP contribution in [0.1, 0.15) is 6.42 Å². The van der Waals surface area contributed by atoms with E-state index in [1.807, 2.05) is 42.5 Å². The van der Waals surface area contributed by atoms with Gasteiger partial charge in [-0.3, -0.25) is 4.98 Å². The Morgan fingerprint density at radius 1 is 1.04 bits per heavy atom. The van der Waals surface area contributed by atoms with E-state index in [9.17, 15) is 0 Å². The first-order valence-corrected chi connectivity index (χ1v) is 8.02. The van der Waals surface area contributed by atoms with E-state index in [2.05, 4.69) is 20.3 Å². The van der Waals surface area contributed by atoms with Gasteiger partial charge in [-0.2, -0.15) is 0 Å². The highest BCUT2D eigenvalue weighted by atomic mass is 16.5. The van der Waals surface area contributed by atoms with Gasteiger partial charge in [0.25, 0.3) is 0 Å². The normalized spacial score (nSPS) is 20.7. The summed E-state index contributed by atoms with van der Waals surface area (Å²) in [5.41, 5.74) is 1.74. The largest absolute Gasteiger partial charge is 0.472 e. The summed E-state index contributed by atoms with van der Waals surface area (Å²) >= 11 is 0. The zero-order valence-corrected chi connectivity index (χ0v) is 13.1. The van der Waals surface area contributed by atoms with E-state index in [1.165, 1.54) is 0 Å². The summed E-state index contributed by atoms with van der Waals surface area (Å²) < 4.78 is 11.6. The second-order valence-electron chi connectivity index (χ2n) is 5.68. The minimum Gasteiger partial charge on any atom is -0.472 e. The first kappa shape index (κ1) is 14.8. The Morgan fingerprint density at radius 3 is 2.79 bits per heavy atom. The molecule has 122 valence electrons. The third kappa shape index (κ3) is 3.28. The zero-order chi connectivity index (χ0) is 16.2. The third-order valence-corrected chi connectivity index (χ3v) is 3.98. The van der Waals surface area contributed by atoms with Crippen LogP contribution in [0.15, 0.2) is 54.9 Å². The molecule has 0 unspecified atom stereocenters. The molecule has 1 fully saturated rings. The fraction of sp³-hybridized carbons (Fsp3) is 0.278. The summed E-state index contributed by atoms with van der Waals surface area (Å²) in [5.74, 6) is 1.35. The minimum absolute atomic E-state index is 0.00350. The number of fused-ring (bicyclic) bond motifs is 1. The van der Waals surface area contributed by atoms with Crippen LogP contribution in [0, 0.1) is 0 Å². The molecule has 24 heavy (non-hydrogen) atoms. The smallest absolute Gasteiger partial charge is 0.213 e. The average Bonchev–Trinajstić information content (AvgIpc) is 2.64. The molecule has 3 aromatic rings. The molecule has 0 radical (unpaired) electrons. The molecule has 1 aliphatic rings. The molecule has 1 saturated heterocycles. The molecular weight excluding hydrogens is 304 g/mol. The van der Waals surface area contributed by atoms with E-state index in [0.29, 0.717) is 19.1 Å². The first-order chi connectivity index (χ1) is 11.9. The number of aromatic nitrogens is 3. The van der Waals surface area contributed by atoms with Gasteiger partial charge in [-0.05, 0) is 18.2 Å². The monoisotopic (exact) mass is 322 g/mol. The van der Waals surface area contributed by atoms with Gasteiger partial charge in [-0.1, -0.05) is 18.2 Å². The average molecular weight is 322 g/mol. The van der Waals surface area contributed by atoms with Gasteiger partial charge < -0.3 is 14.8 Å². The van der Waals surface area contributed by atoms with Gasteiger partial charge in [0.1, 0.15) is 11.9 Å². The summed E-state index contributed by atoms with van der Waals surface area (Å²) in [6.45, 7) is 1.24. The van der Waals surface area contributed by atoms with Crippen molar-refractivity contribution in [1.82, 2.24) is 15.0 Å². The Hall–Kier alpha value is -2.73. The quantitative estimate of drug-likeness (QED) is 0.796. The molecule has 2 aromatic heterocycles. The maximum atomic E-state index is 6.03. The molecule has 0 aliphatic carbocycles. The predicted octanol–water partition coefficient (Wildman–Crippen LogP) is 2.67. The molecule has 2 atom stereocenters. The van der Waals surface area contributed by atoms with Crippen molar-refractivity contribution in [2.24, 2.45) is 0 Å². The van der Waals surface area contributed by atoms with Gasteiger partial charge in [0.05, 0.1) is 36.5 Å². The van der Waals surface area contributed by atoms with Crippen LogP contribution in [0.2, 0.25) is 0 Å². The van der Waals surface area contributed by atoms with Crippen LogP contribution >= 0.6 is 0 Å². The molecule has 0 spiro atoms. The Balaban J connectivity index is 1.51. The molecule has 3 heterocycles. The molecular formula is C18H18N4O2. The summed E-state index contributed by atoms with van der Waals surface area (Å²) in [4.78, 5) is 13.3. The Labute approximate surface area is 139 Å². The molecule has 0 saturated carbocycles. The van der Waals surface area contributed by atoms with E-state index in [4.69, 9.17) is 9.47 Å². The molecule has 0 amide bonds. The van der Waals surface area contributed by atoms with E-state index in [-0.39, 0.29) is 12.1 Å². The Morgan fingerprint density at radius 2 is 1.92 bits per heavy atom. The van der Waals surface area contributed by atoms with E-state index in [1.54, 1.807) is 12.4 Å². The molecule has 1 aliphatic heterocycles. The van der Waals surface area contributed by atoms with Crippen LogP contribution in [0.4, 0.5) is 5.82 Å². The van der Waals surface area contributed by atoms with Crippen LogP contribution in [0.25, 0.3) is 11.0 Å². The second kappa shape index (κ2) is 6.80. The van der Waals surface area contributed by atoms with Crippen molar-refractivity contribution in [1.29, 1.82) is 0 Å². The number of pyridine rings is 1. The van der Waals surface area contributed by atoms with Gasteiger partial charge in [-0.15, -0.1) is 0 Å². The molecule has 0 bridgehead atoms. The third-order valence-electron chi connectivity index (χ3n) is 3.98. The topological polar surface area (TPSA) is 69.2 Å². The van der Waals surface area contributed by atoms with E-state index >= 15 is 0 Å². The fourth-order valence-corrected chi connectivity index (χ4v) is 2.78. The number of hydrogen-bond donors (Lipinski definition) is 1. The maximum Gasteiger partial charge on any atom is 0.213 e. The SMILES string of the molecule is c1ccc(O[C@@H]2CCOC[C@H]2Nc2cnc3ccccc3n2)nc1. The van der Waals surface area contributed by atoms with Crippen LogP contribution in [0.5, 0.6) is 5.88 Å². The zero-order valence-electron chi connectivity index (χ0n) is 13.1. The van der Waals surface area contributed by atoms with Crippen molar-refractivity contribution in [2.45, 2.75) is 18.6 Å². The standard InChI is InChI=1S/C18H18N4O2/c1-2-6-14-13(5-1)20-11-17(21-14)22-15-12-23-10-8-16(15)24-18-7-3-4-9-19-18/h1-7,9,11,15-16H,8,10,12H2,(H,21,22)/t15-,16-/m1/s1. The van der Waals surface area contributed by atoms with E-state index < -0.39 is 0 Å². The molecule has 1 N–H and O–H groups in total. The number of hydrogen-bond acceptors (Lipinski definition) is 6. The highest BCUT2D eigenvalue weighted by Gasteiger charge is 2.28. The van der Waals surface area contributed by atoms with Crippen molar-refractivity contribution >= 4 is 16.9 Å². The van der Waals surface area contributed by atoms with Gasteiger partial charge in [0.2, 0.25) is 5.88 Å². The first-order valence-electron chi connectivity index (χ1n) is 8.02. The summed E-state index contributed by atoms with van der Waals surface area (Å²) in [5, 5.41) is 3.39. The van der Waals surface area contributed by atoms with Gasteiger partial charge in [0.15, 0.2) is 0 Å². The van der Waals surface area contributed by atoms with Crippen LogP contribution < -0.4 is 10.1 Å². The minimum atomic E-state index is -0.0260. The van der Waals surface area contributed by atoms with Gasteiger partial charge >= 0.3 is 0 Å². The molecule has 6 nitrogen and oxygen atoms in total. The number of rotatable bonds is 4. The lowest BCUT2D eigenvalue weighted by Crippen LogP contribution is -2.46.